The van der Waals surface area contributed by atoms with Gasteiger partial charge in [0.2, 0.25) is 0 Å². The molecule has 0 amide bonds. The van der Waals surface area contributed by atoms with Gasteiger partial charge in [-0.1, -0.05) is 18.2 Å². The summed E-state index contributed by atoms with van der Waals surface area (Å²) in [5.74, 6) is 0.951. The zero-order chi connectivity index (χ0) is 13.9. The van der Waals surface area contributed by atoms with E-state index < -0.39 is 0 Å². The minimum Gasteiger partial charge on any atom is -0.493 e. The molecule has 1 heterocycles. The average molecular weight is 263 g/mol. The van der Waals surface area contributed by atoms with Crippen molar-refractivity contribution in [3.8, 4) is 5.75 Å². The standard InChI is InChI=1S/C16H23O3/c1-12(11-18-14-8-6-5-7-9-14)15(17-4)10-16(3)13(2)19-16/h5-9,12-13,15H,1,10-11H2,2-4H3. The zero-order valence-electron chi connectivity index (χ0n) is 12.0. The van der Waals surface area contributed by atoms with Crippen molar-refractivity contribution in [2.75, 3.05) is 13.7 Å². The van der Waals surface area contributed by atoms with E-state index in [4.69, 9.17) is 14.2 Å². The van der Waals surface area contributed by atoms with Crippen LogP contribution in [-0.4, -0.2) is 31.5 Å². The van der Waals surface area contributed by atoms with Crippen LogP contribution in [-0.2, 0) is 9.47 Å². The van der Waals surface area contributed by atoms with Gasteiger partial charge in [-0.15, -0.1) is 0 Å². The lowest BCUT2D eigenvalue weighted by molar-refractivity contribution is 0.0270. The Morgan fingerprint density at radius 2 is 2.00 bits per heavy atom. The number of hydrogen-bond donors (Lipinski definition) is 0. The van der Waals surface area contributed by atoms with Crippen molar-refractivity contribution >= 4 is 0 Å². The fraction of sp³-hybridized carbons (Fsp3) is 0.562. The summed E-state index contributed by atoms with van der Waals surface area (Å²) in [4.78, 5) is 0. The van der Waals surface area contributed by atoms with E-state index in [1.165, 1.54) is 0 Å². The van der Waals surface area contributed by atoms with Crippen molar-refractivity contribution in [1.29, 1.82) is 0 Å². The number of epoxide rings is 1. The summed E-state index contributed by atoms with van der Waals surface area (Å²) in [6.45, 7) is 8.91. The summed E-state index contributed by atoms with van der Waals surface area (Å²) in [5.41, 5.74) is -0.0522. The van der Waals surface area contributed by atoms with E-state index in [9.17, 15) is 0 Å². The molecule has 1 aliphatic heterocycles. The molecule has 2 rings (SSSR count). The zero-order valence-corrected chi connectivity index (χ0v) is 12.0. The van der Waals surface area contributed by atoms with Crippen molar-refractivity contribution in [2.24, 2.45) is 5.92 Å². The van der Waals surface area contributed by atoms with Crippen molar-refractivity contribution in [3.63, 3.8) is 0 Å². The summed E-state index contributed by atoms with van der Waals surface area (Å²) in [6, 6.07) is 9.78. The molecular formula is C16H23O3. The first-order chi connectivity index (χ1) is 9.05. The lowest BCUT2D eigenvalue weighted by atomic mass is 9.93. The first kappa shape index (κ1) is 14.4. The smallest absolute Gasteiger partial charge is 0.119 e. The van der Waals surface area contributed by atoms with E-state index in [1.54, 1.807) is 7.11 Å². The second-order valence-electron chi connectivity index (χ2n) is 5.44. The second-order valence-corrected chi connectivity index (χ2v) is 5.44. The van der Waals surface area contributed by atoms with Gasteiger partial charge in [0.25, 0.3) is 0 Å². The molecule has 4 atom stereocenters. The Morgan fingerprint density at radius 3 is 2.53 bits per heavy atom. The fourth-order valence-electron chi connectivity index (χ4n) is 2.25. The van der Waals surface area contributed by atoms with Crippen LogP contribution >= 0.6 is 0 Å². The number of methoxy groups -OCH3 is 1. The average Bonchev–Trinajstić information content (AvgIpc) is 3.02. The highest BCUT2D eigenvalue weighted by molar-refractivity contribution is 5.20. The van der Waals surface area contributed by atoms with Crippen LogP contribution in [0, 0.1) is 12.8 Å². The van der Waals surface area contributed by atoms with Crippen LogP contribution in [0.15, 0.2) is 30.3 Å². The molecule has 1 aromatic rings. The monoisotopic (exact) mass is 263 g/mol. The van der Waals surface area contributed by atoms with Crippen LogP contribution < -0.4 is 4.74 Å². The molecule has 0 aliphatic carbocycles. The minimum atomic E-state index is -0.0522. The van der Waals surface area contributed by atoms with Gasteiger partial charge in [-0.05, 0) is 32.9 Å². The van der Waals surface area contributed by atoms with E-state index in [0.717, 1.165) is 12.2 Å². The molecule has 1 aliphatic rings. The molecule has 4 unspecified atom stereocenters. The first-order valence-electron chi connectivity index (χ1n) is 6.76. The first-order valence-corrected chi connectivity index (χ1v) is 6.76. The Hall–Kier alpha value is -1.06. The molecule has 1 radical (unpaired) electrons. The number of hydrogen-bond acceptors (Lipinski definition) is 3. The van der Waals surface area contributed by atoms with Gasteiger partial charge in [0.15, 0.2) is 0 Å². The van der Waals surface area contributed by atoms with Gasteiger partial charge in [-0.25, -0.2) is 0 Å². The molecule has 0 N–H and O–H groups in total. The molecule has 0 bridgehead atoms. The van der Waals surface area contributed by atoms with Crippen molar-refractivity contribution < 1.29 is 14.2 Å². The molecule has 1 saturated heterocycles. The molecule has 0 saturated carbocycles. The molecule has 19 heavy (non-hydrogen) atoms. The quantitative estimate of drug-likeness (QED) is 0.708. The number of para-hydroxylation sites is 1. The van der Waals surface area contributed by atoms with Crippen molar-refractivity contribution in [1.82, 2.24) is 0 Å². The topological polar surface area (TPSA) is 31.0 Å². The maximum absolute atomic E-state index is 5.73. The maximum Gasteiger partial charge on any atom is 0.119 e. The van der Waals surface area contributed by atoms with Gasteiger partial charge in [-0.2, -0.15) is 0 Å². The summed E-state index contributed by atoms with van der Waals surface area (Å²) < 4.78 is 16.9. The van der Waals surface area contributed by atoms with Crippen molar-refractivity contribution in [3.05, 3.63) is 37.3 Å². The van der Waals surface area contributed by atoms with Crippen LogP contribution in [0.2, 0.25) is 0 Å². The van der Waals surface area contributed by atoms with Gasteiger partial charge in [0, 0.05) is 19.4 Å². The normalized spacial score (nSPS) is 28.7. The molecule has 105 valence electrons. The Kier molecular flexibility index (Phi) is 4.48. The van der Waals surface area contributed by atoms with Gasteiger partial charge >= 0.3 is 0 Å². The van der Waals surface area contributed by atoms with Crippen LogP contribution in [0.1, 0.15) is 20.3 Å². The largest absolute Gasteiger partial charge is 0.493 e. The summed E-state index contributed by atoms with van der Waals surface area (Å²) in [6.07, 6.45) is 1.22. The van der Waals surface area contributed by atoms with E-state index in [0.29, 0.717) is 12.7 Å². The van der Waals surface area contributed by atoms with Gasteiger partial charge < -0.3 is 14.2 Å². The third-order valence-electron chi connectivity index (χ3n) is 3.89. The summed E-state index contributed by atoms with van der Waals surface area (Å²) in [7, 11) is 1.72. The molecular weight excluding hydrogens is 240 g/mol. The number of rotatable bonds is 7. The number of ether oxygens (including phenoxy) is 3. The Morgan fingerprint density at radius 1 is 1.37 bits per heavy atom. The van der Waals surface area contributed by atoms with Gasteiger partial charge in [-0.3, -0.25) is 0 Å². The van der Waals surface area contributed by atoms with E-state index in [2.05, 4.69) is 20.8 Å². The minimum absolute atomic E-state index is 0.0522. The predicted octanol–water partition coefficient (Wildman–Crippen LogP) is 3.10. The fourth-order valence-corrected chi connectivity index (χ4v) is 2.25. The maximum atomic E-state index is 5.73. The number of benzene rings is 1. The van der Waals surface area contributed by atoms with E-state index >= 15 is 0 Å². The Bertz CT molecular complexity index is 392. The summed E-state index contributed by atoms with van der Waals surface area (Å²) >= 11 is 0. The van der Waals surface area contributed by atoms with Gasteiger partial charge in [0.05, 0.1) is 24.4 Å². The molecule has 1 fully saturated rings. The van der Waals surface area contributed by atoms with Crippen LogP contribution in [0.3, 0.4) is 0 Å². The van der Waals surface area contributed by atoms with Gasteiger partial charge in [0.1, 0.15) is 5.75 Å². The SMILES string of the molecule is [CH2]C(COc1ccccc1)C(CC1(C)OC1C)OC. The highest BCUT2D eigenvalue weighted by Crippen LogP contribution is 2.41. The third-order valence-corrected chi connectivity index (χ3v) is 3.89. The van der Waals surface area contributed by atoms with Crippen LogP contribution in [0.25, 0.3) is 0 Å². The highest BCUT2D eigenvalue weighted by atomic mass is 16.6. The molecule has 0 aromatic heterocycles. The lowest BCUT2D eigenvalue weighted by Crippen LogP contribution is -2.31. The molecule has 3 heteroatoms. The van der Waals surface area contributed by atoms with E-state index in [-0.39, 0.29) is 17.6 Å². The molecule has 1 aromatic carbocycles. The Balaban J connectivity index is 1.82. The van der Waals surface area contributed by atoms with Crippen molar-refractivity contribution in [2.45, 2.75) is 38.1 Å². The predicted molar refractivity (Wildman–Crippen MR) is 75.2 cm³/mol. The second kappa shape index (κ2) is 5.93. The summed E-state index contributed by atoms with van der Waals surface area (Å²) in [5, 5.41) is 0. The lowest BCUT2D eigenvalue weighted by Gasteiger charge is -2.24. The third kappa shape index (κ3) is 3.71. The highest BCUT2D eigenvalue weighted by Gasteiger charge is 2.50. The van der Waals surface area contributed by atoms with Crippen LogP contribution in [0.4, 0.5) is 0 Å². The Labute approximate surface area is 115 Å². The van der Waals surface area contributed by atoms with E-state index in [1.807, 2.05) is 30.3 Å². The molecule has 0 spiro atoms. The molecule has 3 nitrogen and oxygen atoms in total. The van der Waals surface area contributed by atoms with Crippen LogP contribution in [0.5, 0.6) is 5.75 Å².